The van der Waals surface area contributed by atoms with Crippen LogP contribution in [0.5, 0.6) is 0 Å². The summed E-state index contributed by atoms with van der Waals surface area (Å²) in [5, 5.41) is 0.755. The van der Waals surface area contributed by atoms with Gasteiger partial charge in [-0.2, -0.15) is 4.99 Å². The number of thioether (sulfide) groups is 1. The maximum Gasteiger partial charge on any atom is 0.252 e. The predicted octanol–water partition coefficient (Wildman–Crippen LogP) is 5.83. The average molecular weight is 372 g/mol. The standard InChI is InChI=1S/C23H20N2OS/c1-17-21(18-11-5-2-6-12-18)27-23(24-22(17)26)25(19-13-7-3-8-14-19)20-15-9-4-10-16-20/h2-17,21H,1H3/t17-,21-/m0/s1. The van der Waals surface area contributed by atoms with E-state index in [1.807, 2.05) is 85.8 Å². The van der Waals surface area contributed by atoms with E-state index in [1.54, 1.807) is 11.8 Å². The van der Waals surface area contributed by atoms with Crippen LogP contribution in [0, 0.1) is 5.92 Å². The fraction of sp³-hybridized carbons (Fsp3) is 0.130. The van der Waals surface area contributed by atoms with E-state index >= 15 is 0 Å². The molecule has 0 unspecified atom stereocenters. The van der Waals surface area contributed by atoms with E-state index in [0.29, 0.717) is 5.17 Å². The van der Waals surface area contributed by atoms with Gasteiger partial charge in [0, 0.05) is 16.6 Å². The van der Waals surface area contributed by atoms with E-state index in [4.69, 9.17) is 0 Å². The second-order valence-electron chi connectivity index (χ2n) is 6.48. The lowest BCUT2D eigenvalue weighted by atomic mass is 10.00. The Morgan fingerprint density at radius 3 is 1.78 bits per heavy atom. The number of hydrogen-bond donors (Lipinski definition) is 0. The minimum atomic E-state index is -0.158. The molecule has 0 aromatic heterocycles. The van der Waals surface area contributed by atoms with Gasteiger partial charge < -0.3 is 0 Å². The van der Waals surface area contributed by atoms with Gasteiger partial charge in [-0.3, -0.25) is 9.69 Å². The van der Waals surface area contributed by atoms with Crippen LogP contribution < -0.4 is 4.90 Å². The van der Waals surface area contributed by atoms with Gasteiger partial charge in [0.25, 0.3) is 5.91 Å². The van der Waals surface area contributed by atoms with Crippen molar-refractivity contribution in [3.8, 4) is 0 Å². The SMILES string of the molecule is C[C@@H]1C(=O)N=C(N(c2ccccc2)c2ccccc2)S[C@@H]1c1ccccc1. The molecule has 1 heterocycles. The van der Waals surface area contributed by atoms with Crippen molar-refractivity contribution in [2.75, 3.05) is 4.90 Å². The molecule has 0 aliphatic carbocycles. The first kappa shape index (κ1) is 17.6. The third kappa shape index (κ3) is 3.67. The van der Waals surface area contributed by atoms with Crippen LogP contribution >= 0.6 is 11.8 Å². The highest BCUT2D eigenvalue weighted by Crippen LogP contribution is 2.43. The molecule has 4 heteroatoms. The van der Waals surface area contributed by atoms with Gasteiger partial charge in [-0.25, -0.2) is 0 Å². The van der Waals surface area contributed by atoms with Crippen molar-refractivity contribution < 1.29 is 4.79 Å². The van der Waals surface area contributed by atoms with E-state index < -0.39 is 0 Å². The van der Waals surface area contributed by atoms with Gasteiger partial charge in [0.15, 0.2) is 5.17 Å². The zero-order chi connectivity index (χ0) is 18.6. The summed E-state index contributed by atoms with van der Waals surface area (Å²) in [6, 6.07) is 30.3. The van der Waals surface area contributed by atoms with Crippen LogP contribution in [0.2, 0.25) is 0 Å². The van der Waals surface area contributed by atoms with Gasteiger partial charge in [-0.05, 0) is 29.8 Å². The number of nitrogens with zero attached hydrogens (tertiary/aromatic N) is 2. The lowest BCUT2D eigenvalue weighted by molar-refractivity contribution is -0.121. The van der Waals surface area contributed by atoms with Crippen molar-refractivity contribution in [1.82, 2.24) is 0 Å². The number of amides is 1. The topological polar surface area (TPSA) is 32.7 Å². The molecule has 2 atom stereocenters. The first-order valence-electron chi connectivity index (χ1n) is 8.98. The van der Waals surface area contributed by atoms with Crippen LogP contribution in [0.4, 0.5) is 11.4 Å². The van der Waals surface area contributed by atoms with Gasteiger partial charge in [0.05, 0.1) is 5.92 Å². The number of anilines is 2. The molecule has 1 aliphatic rings. The molecule has 27 heavy (non-hydrogen) atoms. The molecule has 0 radical (unpaired) electrons. The minimum Gasteiger partial charge on any atom is -0.289 e. The largest absolute Gasteiger partial charge is 0.289 e. The molecular formula is C23H20N2OS. The molecule has 3 nitrogen and oxygen atoms in total. The fourth-order valence-electron chi connectivity index (χ4n) is 3.19. The first-order chi connectivity index (χ1) is 13.2. The fourth-order valence-corrected chi connectivity index (χ4v) is 4.49. The maximum atomic E-state index is 12.7. The number of aliphatic imine (C=N–C) groups is 1. The molecule has 0 bridgehead atoms. The van der Waals surface area contributed by atoms with Crippen molar-refractivity contribution in [2.24, 2.45) is 10.9 Å². The van der Waals surface area contributed by atoms with E-state index in [2.05, 4.69) is 22.0 Å². The highest BCUT2D eigenvalue weighted by Gasteiger charge is 2.34. The molecule has 134 valence electrons. The van der Waals surface area contributed by atoms with Crippen LogP contribution in [-0.4, -0.2) is 11.1 Å². The number of carbonyl (C=O) groups is 1. The summed E-state index contributed by atoms with van der Waals surface area (Å²) in [7, 11) is 0. The lowest BCUT2D eigenvalue weighted by Crippen LogP contribution is -2.32. The lowest BCUT2D eigenvalue weighted by Gasteiger charge is -2.33. The number of amidine groups is 1. The quantitative estimate of drug-likeness (QED) is 0.580. The van der Waals surface area contributed by atoms with Crippen LogP contribution in [0.15, 0.2) is 96.0 Å². The summed E-state index contributed by atoms with van der Waals surface area (Å²) >= 11 is 1.65. The average Bonchev–Trinajstić information content (AvgIpc) is 2.73. The van der Waals surface area contributed by atoms with Gasteiger partial charge in [0.2, 0.25) is 0 Å². The Balaban J connectivity index is 1.78. The molecule has 1 aliphatic heterocycles. The molecular weight excluding hydrogens is 352 g/mol. The van der Waals surface area contributed by atoms with Crippen molar-refractivity contribution in [2.45, 2.75) is 12.2 Å². The Morgan fingerprint density at radius 2 is 1.26 bits per heavy atom. The van der Waals surface area contributed by atoms with E-state index in [0.717, 1.165) is 16.9 Å². The third-order valence-corrected chi connectivity index (χ3v) is 6.05. The highest BCUT2D eigenvalue weighted by atomic mass is 32.2. The summed E-state index contributed by atoms with van der Waals surface area (Å²) in [6.45, 7) is 1.96. The van der Waals surface area contributed by atoms with Crippen LogP contribution in [-0.2, 0) is 4.79 Å². The van der Waals surface area contributed by atoms with Crippen LogP contribution in [0.25, 0.3) is 0 Å². The van der Waals surface area contributed by atoms with Crippen molar-refractivity contribution in [3.05, 3.63) is 96.6 Å². The van der Waals surface area contributed by atoms with Gasteiger partial charge >= 0.3 is 0 Å². The molecule has 0 saturated heterocycles. The minimum absolute atomic E-state index is 0.0427. The van der Waals surface area contributed by atoms with Gasteiger partial charge in [0.1, 0.15) is 0 Å². The van der Waals surface area contributed by atoms with Crippen LogP contribution in [0.1, 0.15) is 17.7 Å². The summed E-state index contributed by atoms with van der Waals surface area (Å²) in [4.78, 5) is 19.2. The Bertz CT molecular complexity index is 902. The summed E-state index contributed by atoms with van der Waals surface area (Å²) < 4.78 is 0. The van der Waals surface area contributed by atoms with Crippen molar-refractivity contribution in [3.63, 3.8) is 0 Å². The number of carbonyl (C=O) groups excluding carboxylic acids is 1. The van der Waals surface area contributed by atoms with Gasteiger partial charge in [-0.15, -0.1) is 0 Å². The summed E-state index contributed by atoms with van der Waals surface area (Å²) in [6.07, 6.45) is 0. The highest BCUT2D eigenvalue weighted by molar-refractivity contribution is 8.14. The number of benzene rings is 3. The molecule has 0 N–H and O–H groups in total. The second-order valence-corrected chi connectivity index (χ2v) is 7.59. The molecule has 3 aromatic rings. The monoisotopic (exact) mass is 372 g/mol. The Hall–Kier alpha value is -2.85. The smallest absolute Gasteiger partial charge is 0.252 e. The Morgan fingerprint density at radius 1 is 0.778 bits per heavy atom. The first-order valence-corrected chi connectivity index (χ1v) is 9.86. The molecule has 3 aromatic carbocycles. The molecule has 0 fully saturated rings. The second kappa shape index (κ2) is 7.80. The van der Waals surface area contributed by atoms with E-state index in [9.17, 15) is 4.79 Å². The van der Waals surface area contributed by atoms with Crippen LogP contribution in [0.3, 0.4) is 0 Å². The zero-order valence-corrected chi connectivity index (χ0v) is 15.8. The molecule has 0 saturated carbocycles. The van der Waals surface area contributed by atoms with E-state index in [-0.39, 0.29) is 17.1 Å². The molecule has 0 spiro atoms. The molecule has 4 rings (SSSR count). The van der Waals surface area contributed by atoms with Crippen molar-refractivity contribution >= 4 is 34.2 Å². The molecule has 1 amide bonds. The Kier molecular flexibility index (Phi) is 5.07. The summed E-state index contributed by atoms with van der Waals surface area (Å²) in [5.74, 6) is -0.232. The predicted molar refractivity (Wildman–Crippen MR) is 113 cm³/mol. The zero-order valence-electron chi connectivity index (χ0n) is 15.0. The number of para-hydroxylation sites is 2. The third-order valence-electron chi connectivity index (χ3n) is 4.63. The number of rotatable bonds is 3. The number of hydrogen-bond acceptors (Lipinski definition) is 3. The van der Waals surface area contributed by atoms with E-state index in [1.165, 1.54) is 0 Å². The maximum absolute atomic E-state index is 12.7. The normalized spacial score (nSPS) is 19.4. The Labute approximate surface area is 163 Å². The van der Waals surface area contributed by atoms with Gasteiger partial charge in [-0.1, -0.05) is 85.4 Å². The summed E-state index contributed by atoms with van der Waals surface area (Å²) in [5.41, 5.74) is 3.13. The van der Waals surface area contributed by atoms with Crippen molar-refractivity contribution in [1.29, 1.82) is 0 Å².